The summed E-state index contributed by atoms with van der Waals surface area (Å²) in [5.41, 5.74) is 0.981. The highest BCUT2D eigenvalue weighted by atomic mass is 16.5. The summed E-state index contributed by atoms with van der Waals surface area (Å²) in [6.07, 6.45) is 3.03. The maximum absolute atomic E-state index is 11.4. The first-order valence-corrected chi connectivity index (χ1v) is 5.02. The molecule has 1 unspecified atom stereocenters. The standard InChI is InChI=1S/C11H16N2O2/c1-3-15-9(2)11(14)13-8-10-5-4-6-12-7-10/h4-7,9H,3,8H2,1-2H3,(H,13,14). The van der Waals surface area contributed by atoms with E-state index in [1.807, 2.05) is 19.1 Å². The smallest absolute Gasteiger partial charge is 0.249 e. The topological polar surface area (TPSA) is 51.2 Å². The number of aromatic nitrogens is 1. The normalized spacial score (nSPS) is 12.1. The molecule has 1 N–H and O–H groups in total. The Morgan fingerprint density at radius 1 is 1.67 bits per heavy atom. The lowest BCUT2D eigenvalue weighted by molar-refractivity contribution is -0.131. The second-order valence-electron chi connectivity index (χ2n) is 3.18. The van der Waals surface area contributed by atoms with Crippen LogP contribution < -0.4 is 5.32 Å². The molecule has 0 aromatic carbocycles. The van der Waals surface area contributed by atoms with Crippen molar-refractivity contribution >= 4 is 5.91 Å². The molecule has 0 bridgehead atoms. The van der Waals surface area contributed by atoms with Gasteiger partial charge in [0.25, 0.3) is 0 Å². The van der Waals surface area contributed by atoms with Gasteiger partial charge in [0.05, 0.1) is 0 Å². The molecule has 1 rings (SSSR count). The fourth-order valence-electron chi connectivity index (χ4n) is 1.16. The van der Waals surface area contributed by atoms with Gasteiger partial charge in [-0.15, -0.1) is 0 Å². The van der Waals surface area contributed by atoms with Crippen molar-refractivity contribution in [2.24, 2.45) is 0 Å². The first-order valence-electron chi connectivity index (χ1n) is 5.02. The highest BCUT2D eigenvalue weighted by molar-refractivity contribution is 5.80. The monoisotopic (exact) mass is 208 g/mol. The van der Waals surface area contributed by atoms with Gasteiger partial charge in [-0.2, -0.15) is 0 Å². The van der Waals surface area contributed by atoms with Crippen LogP contribution >= 0.6 is 0 Å². The zero-order valence-corrected chi connectivity index (χ0v) is 9.06. The third-order valence-electron chi connectivity index (χ3n) is 1.98. The Kier molecular flexibility index (Phi) is 4.77. The highest BCUT2D eigenvalue weighted by Gasteiger charge is 2.11. The third kappa shape index (κ3) is 4.08. The second-order valence-corrected chi connectivity index (χ2v) is 3.18. The summed E-state index contributed by atoms with van der Waals surface area (Å²) in [6.45, 7) is 4.64. The van der Waals surface area contributed by atoms with Crippen LogP contribution in [0.5, 0.6) is 0 Å². The van der Waals surface area contributed by atoms with Gasteiger partial charge in [0.1, 0.15) is 6.10 Å². The molecule has 0 fully saturated rings. The van der Waals surface area contributed by atoms with Gasteiger partial charge in [-0.25, -0.2) is 0 Å². The summed E-state index contributed by atoms with van der Waals surface area (Å²) in [5.74, 6) is -0.0966. The van der Waals surface area contributed by atoms with E-state index in [0.29, 0.717) is 13.2 Å². The molecule has 15 heavy (non-hydrogen) atoms. The molecule has 1 heterocycles. The molecule has 4 heteroatoms. The number of nitrogens with zero attached hydrogens (tertiary/aromatic N) is 1. The molecular weight excluding hydrogens is 192 g/mol. The molecule has 0 radical (unpaired) electrons. The van der Waals surface area contributed by atoms with E-state index in [2.05, 4.69) is 10.3 Å². The zero-order valence-electron chi connectivity index (χ0n) is 9.06. The first kappa shape index (κ1) is 11.7. The van der Waals surface area contributed by atoms with E-state index < -0.39 is 6.10 Å². The minimum absolute atomic E-state index is 0.0966. The van der Waals surface area contributed by atoms with Crippen LogP contribution in [0, 0.1) is 0 Å². The molecule has 1 amide bonds. The van der Waals surface area contributed by atoms with E-state index in [1.165, 1.54) is 0 Å². The van der Waals surface area contributed by atoms with Crippen molar-refractivity contribution in [3.05, 3.63) is 30.1 Å². The van der Waals surface area contributed by atoms with Crippen molar-refractivity contribution in [3.63, 3.8) is 0 Å². The summed E-state index contributed by atoms with van der Waals surface area (Å²) < 4.78 is 5.16. The van der Waals surface area contributed by atoms with Crippen molar-refractivity contribution in [2.75, 3.05) is 6.61 Å². The number of carbonyl (C=O) groups is 1. The van der Waals surface area contributed by atoms with Gasteiger partial charge < -0.3 is 10.1 Å². The van der Waals surface area contributed by atoms with Crippen LogP contribution in [-0.2, 0) is 16.1 Å². The van der Waals surface area contributed by atoms with Gasteiger partial charge in [0, 0.05) is 25.5 Å². The Hall–Kier alpha value is -1.42. The molecule has 1 aromatic heterocycles. The molecule has 0 aliphatic heterocycles. The Balaban J connectivity index is 2.34. The van der Waals surface area contributed by atoms with Crippen LogP contribution in [0.3, 0.4) is 0 Å². The van der Waals surface area contributed by atoms with Gasteiger partial charge in [-0.1, -0.05) is 6.07 Å². The van der Waals surface area contributed by atoms with Crippen LogP contribution in [0.15, 0.2) is 24.5 Å². The molecule has 0 saturated heterocycles. The van der Waals surface area contributed by atoms with E-state index in [-0.39, 0.29) is 5.91 Å². The minimum Gasteiger partial charge on any atom is -0.369 e. The minimum atomic E-state index is -0.397. The number of nitrogens with one attached hydrogen (secondary N) is 1. The van der Waals surface area contributed by atoms with Crippen molar-refractivity contribution in [1.29, 1.82) is 0 Å². The van der Waals surface area contributed by atoms with E-state index in [0.717, 1.165) is 5.56 Å². The lowest BCUT2D eigenvalue weighted by Crippen LogP contribution is -2.34. The van der Waals surface area contributed by atoms with Crippen LogP contribution in [0.25, 0.3) is 0 Å². The van der Waals surface area contributed by atoms with Gasteiger partial charge in [0.2, 0.25) is 5.91 Å². The van der Waals surface area contributed by atoms with Crippen LogP contribution in [0.1, 0.15) is 19.4 Å². The summed E-state index contributed by atoms with van der Waals surface area (Å²) in [5, 5.41) is 2.78. The average Bonchev–Trinajstić information content (AvgIpc) is 2.27. The summed E-state index contributed by atoms with van der Waals surface area (Å²) in [7, 11) is 0. The second kappa shape index (κ2) is 6.14. The molecule has 4 nitrogen and oxygen atoms in total. The maximum Gasteiger partial charge on any atom is 0.249 e. The molecule has 1 atom stereocenters. The molecule has 0 aliphatic rings. The lowest BCUT2D eigenvalue weighted by atomic mass is 10.3. The number of carbonyl (C=O) groups excluding carboxylic acids is 1. The van der Waals surface area contributed by atoms with Crippen molar-refractivity contribution < 1.29 is 9.53 Å². The Bertz CT molecular complexity index is 301. The summed E-state index contributed by atoms with van der Waals surface area (Å²) in [4.78, 5) is 15.4. The van der Waals surface area contributed by atoms with E-state index in [1.54, 1.807) is 19.3 Å². The van der Waals surface area contributed by atoms with Crippen LogP contribution in [-0.4, -0.2) is 23.6 Å². The number of ether oxygens (including phenoxy) is 1. The number of hydrogen-bond donors (Lipinski definition) is 1. The lowest BCUT2D eigenvalue weighted by Gasteiger charge is -2.11. The average molecular weight is 208 g/mol. The first-order chi connectivity index (χ1) is 7.24. The number of amides is 1. The predicted molar refractivity (Wildman–Crippen MR) is 57.2 cm³/mol. The fraction of sp³-hybridized carbons (Fsp3) is 0.455. The molecular formula is C11H16N2O2. The van der Waals surface area contributed by atoms with Crippen LogP contribution in [0.4, 0.5) is 0 Å². The van der Waals surface area contributed by atoms with Gasteiger partial charge in [-0.3, -0.25) is 9.78 Å². The molecule has 1 aromatic rings. The van der Waals surface area contributed by atoms with Crippen LogP contribution in [0.2, 0.25) is 0 Å². The Morgan fingerprint density at radius 3 is 3.07 bits per heavy atom. The maximum atomic E-state index is 11.4. The quantitative estimate of drug-likeness (QED) is 0.789. The highest BCUT2D eigenvalue weighted by Crippen LogP contribution is 1.96. The Labute approximate surface area is 89.7 Å². The SMILES string of the molecule is CCOC(C)C(=O)NCc1cccnc1. The van der Waals surface area contributed by atoms with E-state index in [4.69, 9.17) is 4.74 Å². The van der Waals surface area contributed by atoms with Gasteiger partial charge >= 0.3 is 0 Å². The number of pyridine rings is 1. The van der Waals surface area contributed by atoms with Crippen molar-refractivity contribution in [3.8, 4) is 0 Å². The largest absolute Gasteiger partial charge is 0.369 e. The van der Waals surface area contributed by atoms with Gasteiger partial charge in [0.15, 0.2) is 0 Å². The summed E-state index contributed by atoms with van der Waals surface area (Å²) >= 11 is 0. The Morgan fingerprint density at radius 2 is 2.47 bits per heavy atom. The molecule has 0 aliphatic carbocycles. The third-order valence-corrected chi connectivity index (χ3v) is 1.98. The zero-order chi connectivity index (χ0) is 11.1. The predicted octanol–water partition coefficient (Wildman–Crippen LogP) is 1.12. The number of rotatable bonds is 5. The molecule has 82 valence electrons. The molecule has 0 saturated carbocycles. The van der Waals surface area contributed by atoms with Crippen molar-refractivity contribution in [2.45, 2.75) is 26.5 Å². The van der Waals surface area contributed by atoms with Gasteiger partial charge in [-0.05, 0) is 25.5 Å². The fourth-order valence-corrected chi connectivity index (χ4v) is 1.16. The summed E-state index contributed by atoms with van der Waals surface area (Å²) in [6, 6.07) is 3.76. The van der Waals surface area contributed by atoms with E-state index in [9.17, 15) is 4.79 Å². The van der Waals surface area contributed by atoms with E-state index >= 15 is 0 Å². The number of hydrogen-bond acceptors (Lipinski definition) is 3. The molecule has 0 spiro atoms. The van der Waals surface area contributed by atoms with Crippen molar-refractivity contribution in [1.82, 2.24) is 10.3 Å².